The van der Waals surface area contributed by atoms with E-state index in [0.717, 1.165) is 0 Å². The highest BCUT2D eigenvalue weighted by Crippen LogP contribution is 2.08. The predicted octanol–water partition coefficient (Wildman–Crippen LogP) is 1.08. The van der Waals surface area contributed by atoms with Crippen LogP contribution in [0.1, 0.15) is 26.7 Å². The van der Waals surface area contributed by atoms with E-state index in [1.54, 1.807) is 0 Å². The van der Waals surface area contributed by atoms with Crippen LogP contribution < -0.4 is 0 Å². The fraction of sp³-hybridized carbons (Fsp3) is 0.714. The van der Waals surface area contributed by atoms with Gasteiger partial charge in [-0.2, -0.15) is 0 Å². The van der Waals surface area contributed by atoms with Gasteiger partial charge in [-0.15, -0.1) is 0 Å². The minimum atomic E-state index is -0.901. The van der Waals surface area contributed by atoms with E-state index in [4.69, 9.17) is 5.11 Å². The van der Waals surface area contributed by atoms with E-state index in [1.165, 1.54) is 6.92 Å². The molecule has 10 heavy (non-hydrogen) atoms. The largest absolute Gasteiger partial charge is 0.481 e. The number of Topliss-reactive ketones (excluding diaryl/α,β-unsaturated/α-hetero) is 1. The molecule has 0 spiro atoms. The monoisotopic (exact) mass is 144 g/mol. The van der Waals surface area contributed by atoms with Gasteiger partial charge in [0.15, 0.2) is 0 Å². The molecule has 0 fully saturated rings. The van der Waals surface area contributed by atoms with E-state index in [2.05, 4.69) is 0 Å². The third-order valence-electron chi connectivity index (χ3n) is 1.49. The molecule has 0 aliphatic heterocycles. The Bertz CT molecular complexity index is 140. The Morgan fingerprint density at radius 2 is 2.00 bits per heavy atom. The Hall–Kier alpha value is -0.860. The number of ketones is 1. The minimum Gasteiger partial charge on any atom is -0.481 e. The van der Waals surface area contributed by atoms with Crippen molar-refractivity contribution in [3.05, 3.63) is 0 Å². The van der Waals surface area contributed by atoms with Gasteiger partial charge in [0.05, 0.1) is 6.42 Å². The number of carboxylic acids is 1. The van der Waals surface area contributed by atoms with Gasteiger partial charge in [0.25, 0.3) is 0 Å². The van der Waals surface area contributed by atoms with E-state index < -0.39 is 5.97 Å². The first kappa shape index (κ1) is 9.14. The fourth-order valence-corrected chi connectivity index (χ4v) is 0.786. The summed E-state index contributed by atoms with van der Waals surface area (Å²) in [7, 11) is 0. The molecule has 0 rings (SSSR count). The second-order valence-electron chi connectivity index (χ2n) is 2.31. The molecule has 0 aliphatic rings. The molecular formula is C7H12O3. The quantitative estimate of drug-likeness (QED) is 0.642. The van der Waals surface area contributed by atoms with Gasteiger partial charge in [-0.25, -0.2) is 0 Å². The first-order valence-corrected chi connectivity index (χ1v) is 3.30. The molecule has 1 N–H and O–H groups in total. The summed E-state index contributed by atoms with van der Waals surface area (Å²) in [4.78, 5) is 20.8. The second-order valence-corrected chi connectivity index (χ2v) is 2.31. The molecule has 58 valence electrons. The third kappa shape index (κ3) is 3.22. The van der Waals surface area contributed by atoms with Crippen molar-refractivity contribution in [2.45, 2.75) is 26.7 Å². The van der Waals surface area contributed by atoms with Crippen molar-refractivity contribution in [1.29, 1.82) is 0 Å². The van der Waals surface area contributed by atoms with Crippen LogP contribution in [0.15, 0.2) is 0 Å². The summed E-state index contributed by atoms with van der Waals surface area (Å²) in [5.41, 5.74) is 0. The Morgan fingerprint density at radius 3 is 2.10 bits per heavy atom. The normalized spacial score (nSPS) is 12.6. The molecule has 0 amide bonds. The topological polar surface area (TPSA) is 54.4 Å². The highest BCUT2D eigenvalue weighted by molar-refractivity contribution is 5.82. The number of carbonyl (C=O) groups is 2. The number of aliphatic carboxylic acids is 1. The lowest BCUT2D eigenvalue weighted by Gasteiger charge is -2.05. The maximum absolute atomic E-state index is 10.6. The van der Waals surface area contributed by atoms with Gasteiger partial charge in [0.1, 0.15) is 5.78 Å². The lowest BCUT2D eigenvalue weighted by molar-refractivity contribution is -0.140. The number of hydrogen-bond donors (Lipinski definition) is 1. The molecule has 0 aromatic heterocycles. The van der Waals surface area contributed by atoms with Crippen molar-refractivity contribution in [1.82, 2.24) is 0 Å². The lowest BCUT2D eigenvalue weighted by Crippen LogP contribution is -2.14. The molecule has 0 unspecified atom stereocenters. The summed E-state index contributed by atoms with van der Waals surface area (Å²) < 4.78 is 0. The maximum atomic E-state index is 10.6. The summed E-state index contributed by atoms with van der Waals surface area (Å²) in [5.74, 6) is -1.23. The van der Waals surface area contributed by atoms with Crippen molar-refractivity contribution in [3.8, 4) is 0 Å². The van der Waals surface area contributed by atoms with E-state index in [9.17, 15) is 9.59 Å². The zero-order chi connectivity index (χ0) is 8.15. The van der Waals surface area contributed by atoms with Crippen LogP contribution >= 0.6 is 0 Å². The van der Waals surface area contributed by atoms with Gasteiger partial charge in [-0.1, -0.05) is 6.92 Å². The molecule has 0 radical (unpaired) electrons. The predicted molar refractivity (Wildman–Crippen MR) is 36.7 cm³/mol. The molecular weight excluding hydrogens is 132 g/mol. The first-order chi connectivity index (χ1) is 4.57. The molecule has 0 saturated heterocycles. The van der Waals surface area contributed by atoms with Crippen LogP contribution in [0.5, 0.6) is 0 Å². The summed E-state index contributed by atoms with van der Waals surface area (Å²) in [6.45, 7) is 3.24. The third-order valence-corrected chi connectivity index (χ3v) is 1.49. The summed E-state index contributed by atoms with van der Waals surface area (Å²) >= 11 is 0. The Balaban J connectivity index is 3.83. The molecule has 0 heterocycles. The van der Waals surface area contributed by atoms with Crippen LogP contribution in [0.25, 0.3) is 0 Å². The molecule has 3 nitrogen and oxygen atoms in total. The molecule has 0 aromatic rings. The molecule has 0 aliphatic carbocycles. The van der Waals surface area contributed by atoms with Crippen LogP contribution in [0, 0.1) is 5.92 Å². The molecule has 0 bridgehead atoms. The highest BCUT2D eigenvalue weighted by atomic mass is 16.4. The van der Waals surface area contributed by atoms with Crippen molar-refractivity contribution in [3.63, 3.8) is 0 Å². The minimum absolute atomic E-state index is 0.0359. The Morgan fingerprint density at radius 1 is 1.50 bits per heavy atom. The number of hydrogen-bond acceptors (Lipinski definition) is 2. The van der Waals surface area contributed by atoms with Gasteiger partial charge in [0.2, 0.25) is 0 Å². The van der Waals surface area contributed by atoms with E-state index >= 15 is 0 Å². The van der Waals surface area contributed by atoms with Crippen LogP contribution in [-0.4, -0.2) is 16.9 Å². The fourth-order valence-electron chi connectivity index (χ4n) is 0.786. The molecule has 3 heteroatoms. The van der Waals surface area contributed by atoms with Crippen molar-refractivity contribution in [2.75, 3.05) is 0 Å². The van der Waals surface area contributed by atoms with Crippen molar-refractivity contribution in [2.24, 2.45) is 5.92 Å². The molecule has 0 saturated carbocycles. The average Bonchev–Trinajstić information content (AvgIpc) is 1.81. The first-order valence-electron chi connectivity index (χ1n) is 3.30. The smallest absolute Gasteiger partial charge is 0.304 e. The van der Waals surface area contributed by atoms with E-state index in [-0.39, 0.29) is 18.1 Å². The van der Waals surface area contributed by atoms with E-state index in [0.29, 0.717) is 6.42 Å². The van der Waals surface area contributed by atoms with Crippen LogP contribution in [-0.2, 0) is 9.59 Å². The summed E-state index contributed by atoms with van der Waals surface area (Å²) in [6, 6.07) is 0. The van der Waals surface area contributed by atoms with Gasteiger partial charge < -0.3 is 5.11 Å². The van der Waals surface area contributed by atoms with E-state index in [1.807, 2.05) is 6.92 Å². The maximum Gasteiger partial charge on any atom is 0.304 e. The van der Waals surface area contributed by atoms with Crippen LogP contribution in [0.3, 0.4) is 0 Å². The highest BCUT2D eigenvalue weighted by Gasteiger charge is 2.14. The van der Waals surface area contributed by atoms with Gasteiger partial charge in [0, 0.05) is 5.92 Å². The lowest BCUT2D eigenvalue weighted by atomic mass is 9.99. The van der Waals surface area contributed by atoms with Crippen LogP contribution in [0.2, 0.25) is 0 Å². The summed E-state index contributed by atoms with van der Waals surface area (Å²) in [6.07, 6.45) is 0.577. The number of carboxylic acid groups (broad SMARTS) is 1. The SMILES string of the molecule is CC[C@@H](CC(=O)O)C(C)=O. The second kappa shape index (κ2) is 4.04. The zero-order valence-corrected chi connectivity index (χ0v) is 6.26. The van der Waals surface area contributed by atoms with Gasteiger partial charge in [-0.05, 0) is 13.3 Å². The zero-order valence-electron chi connectivity index (χ0n) is 6.26. The Kier molecular flexibility index (Phi) is 3.69. The number of carbonyl (C=O) groups excluding carboxylic acids is 1. The number of rotatable bonds is 4. The average molecular weight is 144 g/mol. The van der Waals surface area contributed by atoms with Gasteiger partial charge in [-0.3, -0.25) is 9.59 Å². The van der Waals surface area contributed by atoms with Crippen molar-refractivity contribution >= 4 is 11.8 Å². The molecule has 0 aromatic carbocycles. The van der Waals surface area contributed by atoms with Gasteiger partial charge >= 0.3 is 5.97 Å². The standard InChI is InChI=1S/C7H12O3/c1-3-6(5(2)8)4-7(9)10/h6H,3-4H2,1-2H3,(H,9,10)/t6-/m0/s1. The van der Waals surface area contributed by atoms with Crippen LogP contribution in [0.4, 0.5) is 0 Å². The summed E-state index contributed by atoms with van der Waals surface area (Å²) in [5, 5.41) is 8.31. The molecule has 1 atom stereocenters. The Labute approximate surface area is 60.0 Å². The van der Waals surface area contributed by atoms with Crippen molar-refractivity contribution < 1.29 is 14.7 Å².